The lowest BCUT2D eigenvalue weighted by atomic mass is 10.0. The third kappa shape index (κ3) is 8.20. The molecule has 23 heavy (non-hydrogen) atoms. The molecule has 0 saturated carbocycles. The second-order valence-electron chi connectivity index (χ2n) is 6.52. The number of benzene rings is 1. The van der Waals surface area contributed by atoms with Gasteiger partial charge in [-0.25, -0.2) is 4.79 Å². The number of carbonyl (C=O) groups is 1. The van der Waals surface area contributed by atoms with Crippen LogP contribution in [0.2, 0.25) is 0 Å². The number of aryl methyl sites for hydroxylation is 1. The first-order valence-corrected chi connectivity index (χ1v) is 9.47. The van der Waals surface area contributed by atoms with Crippen LogP contribution in [0.1, 0.15) is 88.1 Å². The van der Waals surface area contributed by atoms with Crippen LogP contribution in [0, 0.1) is 5.92 Å². The summed E-state index contributed by atoms with van der Waals surface area (Å²) in [6.07, 6.45) is 10.8. The number of hydrogen-bond donors (Lipinski definition) is 0. The predicted molar refractivity (Wildman–Crippen MR) is 97.9 cm³/mol. The fourth-order valence-corrected chi connectivity index (χ4v) is 2.74. The summed E-state index contributed by atoms with van der Waals surface area (Å²) >= 11 is 0. The van der Waals surface area contributed by atoms with E-state index in [2.05, 4.69) is 32.9 Å². The molecule has 1 rings (SSSR count). The van der Waals surface area contributed by atoms with Crippen molar-refractivity contribution in [1.82, 2.24) is 0 Å². The average molecular weight is 319 g/mol. The number of unbranched alkanes of at least 4 members (excludes halogenated alkanes) is 4. The molecule has 1 unspecified atom stereocenters. The van der Waals surface area contributed by atoms with Crippen LogP contribution < -0.4 is 0 Å². The fraction of sp³-hybridized carbons (Fsp3) is 0.667. The minimum absolute atomic E-state index is 0.183. The van der Waals surface area contributed by atoms with Crippen LogP contribution in [0.4, 0.5) is 0 Å². The molecule has 0 saturated heterocycles. The second kappa shape index (κ2) is 12.2. The molecule has 0 aromatic heterocycles. The Morgan fingerprint density at radius 3 is 2.26 bits per heavy atom. The molecule has 0 spiro atoms. The maximum absolute atomic E-state index is 12.1. The highest BCUT2D eigenvalue weighted by molar-refractivity contribution is 5.89. The Kier molecular flexibility index (Phi) is 10.4. The highest BCUT2D eigenvalue weighted by atomic mass is 16.5. The maximum Gasteiger partial charge on any atom is 0.338 e. The Morgan fingerprint density at radius 1 is 0.957 bits per heavy atom. The SMILES string of the molecule is CCCCCCc1ccc(C(=O)OCC(CC)CCCC)cc1. The average Bonchev–Trinajstić information content (AvgIpc) is 2.59. The standard InChI is InChI=1S/C21H34O2/c1-4-7-9-10-12-19-13-15-20(16-14-19)21(22)23-17-18(6-3)11-8-5-2/h13-16,18H,4-12,17H2,1-3H3. The summed E-state index contributed by atoms with van der Waals surface area (Å²) in [6, 6.07) is 7.95. The molecule has 1 aromatic rings. The fourth-order valence-electron chi connectivity index (χ4n) is 2.74. The summed E-state index contributed by atoms with van der Waals surface area (Å²) in [4.78, 5) is 12.1. The molecule has 0 heterocycles. The van der Waals surface area contributed by atoms with Gasteiger partial charge >= 0.3 is 5.97 Å². The highest BCUT2D eigenvalue weighted by Crippen LogP contribution is 2.15. The van der Waals surface area contributed by atoms with Crippen LogP contribution in [-0.4, -0.2) is 12.6 Å². The minimum atomic E-state index is -0.183. The van der Waals surface area contributed by atoms with E-state index in [0.717, 1.165) is 19.3 Å². The van der Waals surface area contributed by atoms with E-state index in [9.17, 15) is 4.79 Å². The van der Waals surface area contributed by atoms with Crippen LogP contribution in [0.25, 0.3) is 0 Å². The van der Waals surface area contributed by atoms with E-state index in [1.54, 1.807) is 0 Å². The summed E-state index contributed by atoms with van der Waals surface area (Å²) < 4.78 is 5.49. The Bertz CT molecular complexity index is 422. The molecular formula is C21H34O2. The number of ether oxygens (including phenoxy) is 1. The third-order valence-corrected chi connectivity index (χ3v) is 4.50. The third-order valence-electron chi connectivity index (χ3n) is 4.50. The number of esters is 1. The molecule has 2 nitrogen and oxygen atoms in total. The summed E-state index contributed by atoms with van der Waals surface area (Å²) in [5.74, 6) is 0.314. The first-order valence-electron chi connectivity index (χ1n) is 9.47. The van der Waals surface area contributed by atoms with Gasteiger partial charge in [-0.15, -0.1) is 0 Å². The van der Waals surface area contributed by atoms with Gasteiger partial charge in [0.05, 0.1) is 12.2 Å². The summed E-state index contributed by atoms with van der Waals surface area (Å²) in [6.45, 7) is 7.14. The molecule has 1 aromatic carbocycles. The van der Waals surface area contributed by atoms with Crippen LogP contribution in [0.3, 0.4) is 0 Å². The van der Waals surface area contributed by atoms with Gasteiger partial charge in [-0.05, 0) is 42.9 Å². The van der Waals surface area contributed by atoms with Crippen molar-refractivity contribution < 1.29 is 9.53 Å². The molecule has 0 radical (unpaired) electrons. The molecule has 0 aliphatic rings. The van der Waals surface area contributed by atoms with E-state index >= 15 is 0 Å². The van der Waals surface area contributed by atoms with E-state index in [1.165, 1.54) is 44.1 Å². The highest BCUT2D eigenvalue weighted by Gasteiger charge is 2.11. The molecule has 0 N–H and O–H groups in total. The zero-order valence-corrected chi connectivity index (χ0v) is 15.3. The lowest BCUT2D eigenvalue weighted by Gasteiger charge is -2.14. The van der Waals surface area contributed by atoms with Crippen molar-refractivity contribution in [1.29, 1.82) is 0 Å². The molecule has 0 fully saturated rings. The van der Waals surface area contributed by atoms with Crippen molar-refractivity contribution in [3.63, 3.8) is 0 Å². The van der Waals surface area contributed by atoms with Crippen LogP contribution >= 0.6 is 0 Å². The lowest BCUT2D eigenvalue weighted by Crippen LogP contribution is -2.14. The van der Waals surface area contributed by atoms with E-state index in [1.807, 2.05) is 12.1 Å². The van der Waals surface area contributed by atoms with Crippen molar-refractivity contribution >= 4 is 5.97 Å². The Hall–Kier alpha value is -1.31. The Labute approximate surface area is 142 Å². The molecule has 0 aliphatic heterocycles. The zero-order valence-electron chi connectivity index (χ0n) is 15.3. The first kappa shape index (κ1) is 19.7. The van der Waals surface area contributed by atoms with E-state index in [0.29, 0.717) is 18.1 Å². The normalized spacial score (nSPS) is 12.1. The van der Waals surface area contributed by atoms with Gasteiger partial charge < -0.3 is 4.74 Å². The van der Waals surface area contributed by atoms with Gasteiger partial charge in [0.2, 0.25) is 0 Å². The predicted octanol–water partition coefficient (Wildman–Crippen LogP) is 6.18. The molecule has 2 heteroatoms. The van der Waals surface area contributed by atoms with Gasteiger partial charge in [-0.3, -0.25) is 0 Å². The van der Waals surface area contributed by atoms with Crippen molar-refractivity contribution in [3.05, 3.63) is 35.4 Å². The largest absolute Gasteiger partial charge is 0.462 e. The van der Waals surface area contributed by atoms with Gasteiger partial charge in [-0.2, -0.15) is 0 Å². The number of carbonyl (C=O) groups excluding carboxylic acids is 1. The van der Waals surface area contributed by atoms with Crippen LogP contribution in [0.5, 0.6) is 0 Å². The first-order chi connectivity index (χ1) is 11.2. The molecule has 1 atom stereocenters. The number of hydrogen-bond acceptors (Lipinski definition) is 2. The van der Waals surface area contributed by atoms with Crippen LogP contribution in [-0.2, 0) is 11.2 Å². The molecule has 0 aliphatic carbocycles. The summed E-state index contributed by atoms with van der Waals surface area (Å²) in [5, 5.41) is 0. The van der Waals surface area contributed by atoms with Crippen molar-refractivity contribution in [3.8, 4) is 0 Å². The molecule has 0 bridgehead atoms. The van der Waals surface area contributed by atoms with Crippen LogP contribution in [0.15, 0.2) is 24.3 Å². The van der Waals surface area contributed by atoms with Gasteiger partial charge in [0.25, 0.3) is 0 Å². The lowest BCUT2D eigenvalue weighted by molar-refractivity contribution is 0.0428. The Balaban J connectivity index is 2.38. The van der Waals surface area contributed by atoms with Crippen molar-refractivity contribution in [2.45, 2.75) is 78.6 Å². The second-order valence-corrected chi connectivity index (χ2v) is 6.52. The molecular weight excluding hydrogens is 284 g/mol. The van der Waals surface area contributed by atoms with Gasteiger partial charge in [0.15, 0.2) is 0 Å². The molecule has 130 valence electrons. The maximum atomic E-state index is 12.1. The van der Waals surface area contributed by atoms with Gasteiger partial charge in [0.1, 0.15) is 0 Å². The number of rotatable bonds is 12. The van der Waals surface area contributed by atoms with E-state index in [-0.39, 0.29) is 5.97 Å². The topological polar surface area (TPSA) is 26.3 Å². The van der Waals surface area contributed by atoms with Crippen molar-refractivity contribution in [2.75, 3.05) is 6.61 Å². The van der Waals surface area contributed by atoms with Gasteiger partial charge in [0, 0.05) is 0 Å². The molecule has 0 amide bonds. The monoisotopic (exact) mass is 318 g/mol. The van der Waals surface area contributed by atoms with E-state index < -0.39 is 0 Å². The zero-order chi connectivity index (χ0) is 16.9. The quantitative estimate of drug-likeness (QED) is 0.339. The smallest absolute Gasteiger partial charge is 0.338 e. The van der Waals surface area contributed by atoms with Gasteiger partial charge in [-0.1, -0.05) is 71.4 Å². The summed E-state index contributed by atoms with van der Waals surface area (Å²) in [7, 11) is 0. The van der Waals surface area contributed by atoms with E-state index in [4.69, 9.17) is 4.74 Å². The summed E-state index contributed by atoms with van der Waals surface area (Å²) in [5.41, 5.74) is 1.99. The Morgan fingerprint density at radius 2 is 1.65 bits per heavy atom. The van der Waals surface area contributed by atoms with Crippen molar-refractivity contribution in [2.24, 2.45) is 5.92 Å². The minimum Gasteiger partial charge on any atom is -0.462 e.